The Bertz CT molecular complexity index is 6820. The van der Waals surface area contributed by atoms with Crippen molar-refractivity contribution in [1.82, 2.24) is 0 Å². The summed E-state index contributed by atoms with van der Waals surface area (Å²) in [6.07, 6.45) is -8.89. The Balaban J connectivity index is 0.000000151. The molecule has 0 spiro atoms. The molecule has 0 fully saturated rings. The lowest BCUT2D eigenvalue weighted by Crippen LogP contribution is -2.36. The van der Waals surface area contributed by atoms with Gasteiger partial charge < -0.3 is 0 Å². The van der Waals surface area contributed by atoms with Crippen molar-refractivity contribution >= 4 is 143 Å². The monoisotopic (exact) mass is 2190 g/mol. The van der Waals surface area contributed by atoms with Crippen LogP contribution in [0.3, 0.4) is 0 Å². The maximum atomic E-state index is 14.5. The molecule has 35 heteroatoms. The minimum atomic E-state index is -4.90. The van der Waals surface area contributed by atoms with Crippen LogP contribution in [-0.4, -0.2) is 0 Å². The maximum Gasteiger partial charge on any atom is 0.416 e. The summed E-state index contributed by atoms with van der Waals surface area (Å²) in [6, 6.07) is 105. The SMILES string of the molecule is Cc1ccc(P(c2ccc(C(F)(F)F)cc2)c2ccc(C(F)(F)F)cc2)cc1.Cc1ccc(P(c2ccc(C)cc2)c2ccc(C)cc2)cc1.Cc1ccc(P(c2ccc(F)cc2F)c2ccc(F)cc2F)c(F)c1.Fc1c(F)c(F)c(P(c2c(F)c(F)c(F)c(F)c2F)c2c(F)c(F)c(F)c(F)c2F)c(F)c1F.Fc1ccc(P(c2ccc(F)cc2)c2ccc(F)cc2)cc1.c1ccc(P(c2ccccc2)c2ccccc2)cc1. The van der Waals surface area contributed by atoms with Gasteiger partial charge in [0.2, 0.25) is 17.5 Å². The number of halogens is 29. The Morgan fingerprint density at radius 2 is 0.313 bits per heavy atom. The van der Waals surface area contributed by atoms with E-state index in [1.807, 2.05) is 31.2 Å². The molecule has 768 valence electrons. The van der Waals surface area contributed by atoms with Gasteiger partial charge in [-0.25, -0.2) is 101 Å². The molecule has 18 aromatic rings. The highest BCUT2D eigenvalue weighted by atomic mass is 31.1. The van der Waals surface area contributed by atoms with E-state index in [0.29, 0.717) is 28.3 Å². The number of benzene rings is 18. The molecule has 0 N–H and O–H groups in total. The maximum absolute atomic E-state index is 14.5. The molecule has 0 aliphatic rings. The van der Waals surface area contributed by atoms with E-state index in [9.17, 15) is 127 Å². The molecule has 18 aromatic carbocycles. The van der Waals surface area contributed by atoms with Gasteiger partial charge in [-0.1, -0.05) is 283 Å². The molecule has 0 atom stereocenters. The first-order valence-electron chi connectivity index (χ1n) is 44.3. The third-order valence-corrected chi connectivity index (χ3v) is 37.1. The molecule has 0 nitrogen and oxygen atoms in total. The van der Waals surface area contributed by atoms with Gasteiger partial charge in [0, 0.05) is 36.0 Å². The van der Waals surface area contributed by atoms with Crippen molar-refractivity contribution in [2.75, 3.05) is 0 Å². The van der Waals surface area contributed by atoms with E-state index < -0.39 is 203 Å². The largest absolute Gasteiger partial charge is 0.416 e. The molecule has 0 saturated heterocycles. The van der Waals surface area contributed by atoms with Crippen LogP contribution in [0.25, 0.3) is 0 Å². The number of alkyl halides is 6. The van der Waals surface area contributed by atoms with E-state index in [4.69, 9.17) is 0 Å². The van der Waals surface area contributed by atoms with Gasteiger partial charge in [0.05, 0.1) is 27.0 Å². The van der Waals surface area contributed by atoms with Crippen molar-refractivity contribution in [2.24, 2.45) is 0 Å². The van der Waals surface area contributed by atoms with Gasteiger partial charge in [-0.3, -0.25) is 0 Å². The van der Waals surface area contributed by atoms with Crippen LogP contribution < -0.4 is 95.5 Å². The van der Waals surface area contributed by atoms with Crippen LogP contribution >= 0.6 is 47.5 Å². The van der Waals surface area contributed by atoms with E-state index in [1.54, 1.807) is 49.4 Å². The standard InChI is InChI=1S/C21H15F6P.C21H21P.C19H12F5P.C18F15P.C18H12F3P.C18H15P/c1-14-2-8-17(9-3-14)28(18-10-4-15(5-11-18)20(22,23)24)19-12-6-16(7-13-19)21(25,26)27;1-16-4-10-19(11-5-16)22(20-12-6-17(2)7-13-20)21-14-8-18(3)9-15-21;1-11-2-5-17(14(22)8-11)25(18-6-3-12(20)9-15(18)23)19-7-4-13(21)10-16(19)24;19-1-4(22)10(28)16(11(29)5(1)23)34(17-12(30)6(24)2(20)7(25)13(17)31)18-14(32)8(26)3(21)9(27)15(18)33;19-13-1-7-16(8-2-13)22(17-9-3-14(20)4-10-17)18-11-5-15(21)6-12-18;1-4-10-16(11-5-1)19(17-12-6-2-7-13-17)18-14-8-3-9-15-18/h2-13H,1H3;4-15H,1-3H3;2-10H,1H3;;1-12H;1-15H. The summed E-state index contributed by atoms with van der Waals surface area (Å²) < 4.78 is 395. The highest BCUT2D eigenvalue weighted by Crippen LogP contribution is 2.46. The summed E-state index contributed by atoms with van der Waals surface area (Å²) in [7, 11) is -10.1. The van der Waals surface area contributed by atoms with Crippen molar-refractivity contribution in [3.05, 3.63) is 537 Å². The first-order valence-corrected chi connectivity index (χ1v) is 52.4. The van der Waals surface area contributed by atoms with E-state index in [2.05, 4.69) is 185 Å². The van der Waals surface area contributed by atoms with Crippen LogP contribution in [0.1, 0.15) is 38.9 Å². The van der Waals surface area contributed by atoms with Gasteiger partial charge in [-0.15, -0.1) is 0 Å². The fourth-order valence-electron chi connectivity index (χ4n) is 14.9. The van der Waals surface area contributed by atoms with Crippen LogP contribution in [0.2, 0.25) is 0 Å². The number of aryl methyl sites for hydroxylation is 5. The van der Waals surface area contributed by atoms with Gasteiger partial charge in [0.1, 0.15) is 46.5 Å². The predicted molar refractivity (Wildman–Crippen MR) is 544 cm³/mol. The smallest absolute Gasteiger partial charge is 0.207 e. The molecular weight excluding hydrogens is 2120 g/mol. The molecule has 0 radical (unpaired) electrons. The normalized spacial score (nSPS) is 11.4. The average molecular weight is 2190 g/mol. The molecule has 18 rings (SSSR count). The average Bonchev–Trinajstić information content (AvgIpc) is 0.725. The van der Waals surface area contributed by atoms with Crippen LogP contribution in [0.4, 0.5) is 127 Å². The van der Waals surface area contributed by atoms with Gasteiger partial charge in [0.25, 0.3) is 0 Å². The molecule has 0 bridgehead atoms. The van der Waals surface area contributed by atoms with Crippen LogP contribution in [0, 0.1) is 168 Å². The Morgan fingerprint density at radius 3 is 0.513 bits per heavy atom. The Morgan fingerprint density at radius 1 is 0.147 bits per heavy atom. The highest BCUT2D eigenvalue weighted by molar-refractivity contribution is 7.82. The van der Waals surface area contributed by atoms with Crippen LogP contribution in [-0.2, 0) is 12.4 Å². The summed E-state index contributed by atoms with van der Waals surface area (Å²) >= 11 is 0. The predicted octanol–water partition coefficient (Wildman–Crippen LogP) is 27.4. The van der Waals surface area contributed by atoms with Gasteiger partial charge in [-0.2, -0.15) is 26.3 Å². The second-order valence-electron chi connectivity index (χ2n) is 32.8. The van der Waals surface area contributed by atoms with Crippen molar-refractivity contribution < 1.29 is 127 Å². The molecule has 0 aliphatic heterocycles. The van der Waals surface area contributed by atoms with Gasteiger partial charge in [0.15, 0.2) is 69.8 Å². The minimum absolute atomic E-state index is 0.0374. The van der Waals surface area contributed by atoms with Crippen molar-refractivity contribution in [3.63, 3.8) is 0 Å². The fourth-order valence-corrected chi connectivity index (χ4v) is 28.6. The third kappa shape index (κ3) is 27.5. The van der Waals surface area contributed by atoms with E-state index in [-0.39, 0.29) is 33.4 Å². The van der Waals surface area contributed by atoms with E-state index in [0.717, 1.165) is 63.2 Å². The van der Waals surface area contributed by atoms with Crippen molar-refractivity contribution in [1.29, 1.82) is 0 Å². The minimum Gasteiger partial charge on any atom is -0.207 e. The summed E-state index contributed by atoms with van der Waals surface area (Å²) in [5.74, 6) is -49.9. The quantitative estimate of drug-likeness (QED) is 0.0348. The second kappa shape index (κ2) is 50.4. The first kappa shape index (κ1) is 114. The molecule has 0 aromatic heterocycles. The number of rotatable bonds is 18. The molecule has 0 saturated carbocycles. The first-order chi connectivity index (χ1) is 71.3. The van der Waals surface area contributed by atoms with Crippen LogP contribution in [0.5, 0.6) is 0 Å². The third-order valence-electron chi connectivity index (χ3n) is 22.2. The highest BCUT2D eigenvalue weighted by Gasteiger charge is 2.44. The Kier molecular flexibility index (Phi) is 38.2. The molecule has 0 unspecified atom stereocenters. The van der Waals surface area contributed by atoms with Gasteiger partial charge >= 0.3 is 12.4 Å². The second-order valence-corrected chi connectivity index (χ2v) is 45.8. The Hall–Kier alpha value is -13.5. The van der Waals surface area contributed by atoms with Gasteiger partial charge in [-0.05, 0) is 234 Å². The lowest BCUT2D eigenvalue weighted by Gasteiger charge is -2.23. The zero-order valence-corrected chi connectivity index (χ0v) is 83.7. The fraction of sp³-hybridized carbons (Fsp3) is 0.0609. The molecule has 0 heterocycles. The number of hydrogen-bond donors (Lipinski definition) is 0. The number of hydrogen-bond acceptors (Lipinski definition) is 0. The summed E-state index contributed by atoms with van der Waals surface area (Å²) in [5.41, 5.74) is 4.07. The van der Waals surface area contributed by atoms with E-state index in [1.165, 1.54) is 133 Å². The van der Waals surface area contributed by atoms with Crippen molar-refractivity contribution in [2.45, 2.75) is 47.0 Å². The van der Waals surface area contributed by atoms with Crippen LogP contribution in [0.15, 0.2) is 364 Å². The molecule has 0 amide bonds. The summed E-state index contributed by atoms with van der Waals surface area (Å²) in [6.45, 7) is 10.0. The Labute approximate surface area is 849 Å². The molecule has 150 heavy (non-hydrogen) atoms. The molecule has 0 aliphatic carbocycles. The topological polar surface area (TPSA) is 0 Å². The zero-order valence-electron chi connectivity index (χ0n) is 78.3. The van der Waals surface area contributed by atoms with Crippen molar-refractivity contribution in [3.8, 4) is 0 Å². The lowest BCUT2D eigenvalue weighted by atomic mass is 10.2. The summed E-state index contributed by atoms with van der Waals surface area (Å²) in [5, 5.41) is 5.48. The lowest BCUT2D eigenvalue weighted by molar-refractivity contribution is -0.138. The van der Waals surface area contributed by atoms with E-state index >= 15 is 0 Å². The summed E-state index contributed by atoms with van der Waals surface area (Å²) in [4.78, 5) is 0. The molecular formula is C115H75F29P6. The zero-order chi connectivity index (χ0) is 109.